The Kier molecular flexibility index (Phi) is 3.22. The molecular weight excluding hydrogens is 281 g/mol. The molecule has 1 heterocycles. The van der Waals surface area contributed by atoms with Gasteiger partial charge in [0.1, 0.15) is 0 Å². The van der Waals surface area contributed by atoms with Crippen LogP contribution in [0.2, 0.25) is 0 Å². The first-order chi connectivity index (χ1) is 9.76. The van der Waals surface area contributed by atoms with Crippen molar-refractivity contribution in [2.24, 2.45) is 23.7 Å². The highest BCUT2D eigenvalue weighted by Crippen LogP contribution is 2.62. The fourth-order valence-electron chi connectivity index (χ4n) is 4.28. The summed E-state index contributed by atoms with van der Waals surface area (Å²) in [7, 11) is 0. The lowest BCUT2D eigenvalue weighted by molar-refractivity contribution is -0.275. The second-order valence-corrected chi connectivity index (χ2v) is 6.63. The molecule has 1 aliphatic heterocycles. The minimum absolute atomic E-state index is 0.0693. The zero-order chi connectivity index (χ0) is 15.4. The summed E-state index contributed by atoms with van der Waals surface area (Å²) >= 11 is 0. The first-order valence-electron chi connectivity index (χ1n) is 7.37. The Hall–Kier alpha value is -1.26. The molecule has 5 atom stereocenters. The van der Waals surface area contributed by atoms with Gasteiger partial charge < -0.3 is 4.74 Å². The van der Waals surface area contributed by atoms with E-state index in [2.05, 4.69) is 0 Å². The Morgan fingerprint density at radius 3 is 2.67 bits per heavy atom. The highest BCUT2D eigenvalue weighted by atomic mass is 19.4. The van der Waals surface area contributed by atoms with Gasteiger partial charge in [0.05, 0.1) is 5.92 Å². The summed E-state index contributed by atoms with van der Waals surface area (Å²) in [5.41, 5.74) is -1.33. The number of allylic oxidation sites excluding steroid dienone is 4. The maximum Gasteiger partial charge on any atom is 0.428 e. The van der Waals surface area contributed by atoms with Crippen molar-refractivity contribution in [3.8, 4) is 0 Å². The van der Waals surface area contributed by atoms with Gasteiger partial charge in [0.25, 0.3) is 0 Å². The number of fused-ring (bicyclic) bond motifs is 5. The largest absolute Gasteiger partial charge is 0.449 e. The summed E-state index contributed by atoms with van der Waals surface area (Å²) in [4.78, 5) is 12.0. The van der Waals surface area contributed by atoms with Crippen LogP contribution in [0.15, 0.2) is 23.8 Å². The monoisotopic (exact) mass is 300 g/mol. The fourth-order valence-corrected chi connectivity index (χ4v) is 4.28. The van der Waals surface area contributed by atoms with E-state index in [1.165, 1.54) is 0 Å². The number of carbonyl (C=O) groups is 1. The number of carbonyl (C=O) groups excluding carboxylic acids is 1. The van der Waals surface area contributed by atoms with E-state index in [4.69, 9.17) is 4.74 Å². The van der Waals surface area contributed by atoms with Gasteiger partial charge >= 0.3 is 12.1 Å². The molecule has 3 rings (SSSR count). The highest BCUT2D eigenvalue weighted by Gasteiger charge is 2.73. The van der Waals surface area contributed by atoms with Crippen LogP contribution in [-0.2, 0) is 9.53 Å². The van der Waals surface area contributed by atoms with Crippen LogP contribution < -0.4 is 0 Å². The molecular formula is C16H19F3O2. The summed E-state index contributed by atoms with van der Waals surface area (Å²) in [5.74, 6) is -2.26. The molecule has 1 saturated carbocycles. The highest BCUT2D eigenvalue weighted by molar-refractivity contribution is 5.78. The van der Waals surface area contributed by atoms with Gasteiger partial charge in [-0.05, 0) is 38.5 Å². The van der Waals surface area contributed by atoms with E-state index in [1.54, 1.807) is 6.08 Å². The molecule has 0 aromatic carbocycles. The molecule has 21 heavy (non-hydrogen) atoms. The van der Waals surface area contributed by atoms with Crippen LogP contribution in [0.4, 0.5) is 13.2 Å². The van der Waals surface area contributed by atoms with Crippen molar-refractivity contribution < 1.29 is 22.7 Å². The quantitative estimate of drug-likeness (QED) is 0.581. The number of hydrogen-bond acceptors (Lipinski definition) is 2. The number of alkyl halides is 3. The zero-order valence-corrected chi connectivity index (χ0v) is 12.1. The molecule has 116 valence electrons. The van der Waals surface area contributed by atoms with E-state index in [1.807, 2.05) is 26.0 Å². The van der Waals surface area contributed by atoms with Crippen LogP contribution in [0.25, 0.3) is 0 Å². The minimum atomic E-state index is -4.52. The molecule has 5 heteroatoms. The van der Waals surface area contributed by atoms with E-state index >= 15 is 0 Å². The van der Waals surface area contributed by atoms with E-state index < -0.39 is 29.6 Å². The van der Waals surface area contributed by atoms with Crippen molar-refractivity contribution in [1.82, 2.24) is 0 Å². The molecule has 0 N–H and O–H groups in total. The number of rotatable bonds is 3. The first kappa shape index (κ1) is 14.7. The van der Waals surface area contributed by atoms with E-state index in [0.717, 1.165) is 5.57 Å². The van der Waals surface area contributed by atoms with Crippen molar-refractivity contribution >= 4 is 5.97 Å². The SMILES string of the molecule is CC(C)=CCC[C@@]1(C(F)(F)F)OC(=O)C2C3C=CC(C3)C21. The number of cyclic esters (lactones) is 1. The fraction of sp³-hybridized carbons (Fsp3) is 0.688. The van der Waals surface area contributed by atoms with Crippen molar-refractivity contribution in [2.75, 3.05) is 0 Å². The Bertz CT molecular complexity index is 516. The Balaban J connectivity index is 1.95. The number of hydrogen-bond donors (Lipinski definition) is 0. The van der Waals surface area contributed by atoms with Gasteiger partial charge in [0, 0.05) is 12.3 Å². The predicted molar refractivity (Wildman–Crippen MR) is 71.3 cm³/mol. The van der Waals surface area contributed by atoms with Crippen LogP contribution >= 0.6 is 0 Å². The number of halogens is 3. The summed E-state index contributed by atoms with van der Waals surface area (Å²) in [6.45, 7) is 3.70. The molecule has 0 radical (unpaired) electrons. The summed E-state index contributed by atoms with van der Waals surface area (Å²) in [6, 6.07) is 0. The number of esters is 1. The van der Waals surface area contributed by atoms with Gasteiger partial charge in [-0.15, -0.1) is 0 Å². The minimum Gasteiger partial charge on any atom is -0.449 e. The van der Waals surface area contributed by atoms with Crippen molar-refractivity contribution in [2.45, 2.75) is 44.9 Å². The normalized spacial score (nSPS) is 40.3. The van der Waals surface area contributed by atoms with Crippen LogP contribution in [0, 0.1) is 23.7 Å². The van der Waals surface area contributed by atoms with Crippen LogP contribution in [0.5, 0.6) is 0 Å². The molecule has 2 aliphatic carbocycles. The maximum atomic E-state index is 13.8. The second-order valence-electron chi connectivity index (χ2n) is 6.63. The molecule has 3 aliphatic rings. The van der Waals surface area contributed by atoms with E-state index in [0.29, 0.717) is 6.42 Å². The van der Waals surface area contributed by atoms with Crippen LogP contribution in [-0.4, -0.2) is 17.7 Å². The Morgan fingerprint density at radius 2 is 2.05 bits per heavy atom. The van der Waals surface area contributed by atoms with Crippen molar-refractivity contribution in [3.63, 3.8) is 0 Å². The summed E-state index contributed by atoms with van der Waals surface area (Å²) in [5, 5.41) is 0. The van der Waals surface area contributed by atoms with Gasteiger partial charge in [-0.1, -0.05) is 23.8 Å². The average molecular weight is 300 g/mol. The van der Waals surface area contributed by atoms with Gasteiger partial charge in [-0.2, -0.15) is 13.2 Å². The van der Waals surface area contributed by atoms with E-state index in [9.17, 15) is 18.0 Å². The lowest BCUT2D eigenvalue weighted by atomic mass is 9.72. The van der Waals surface area contributed by atoms with Crippen LogP contribution in [0.3, 0.4) is 0 Å². The third kappa shape index (κ3) is 2.04. The molecule has 4 unspecified atom stereocenters. The van der Waals surface area contributed by atoms with Crippen LogP contribution in [0.1, 0.15) is 33.1 Å². The summed E-state index contributed by atoms with van der Waals surface area (Å²) in [6.07, 6.45) is 1.74. The predicted octanol–water partition coefficient (Wildman–Crippen LogP) is 4.03. The maximum absolute atomic E-state index is 13.8. The second kappa shape index (κ2) is 4.62. The van der Waals surface area contributed by atoms with Gasteiger partial charge in [0.15, 0.2) is 0 Å². The molecule has 0 amide bonds. The van der Waals surface area contributed by atoms with Crippen molar-refractivity contribution in [1.29, 1.82) is 0 Å². The first-order valence-corrected chi connectivity index (χ1v) is 7.37. The molecule has 0 aromatic heterocycles. The van der Waals surface area contributed by atoms with Crippen molar-refractivity contribution in [3.05, 3.63) is 23.8 Å². The lowest BCUT2D eigenvalue weighted by Gasteiger charge is -2.37. The molecule has 1 saturated heterocycles. The number of ether oxygens (including phenoxy) is 1. The third-order valence-corrected chi connectivity index (χ3v) is 5.10. The summed E-state index contributed by atoms with van der Waals surface area (Å²) < 4.78 is 46.3. The molecule has 0 spiro atoms. The van der Waals surface area contributed by atoms with Gasteiger partial charge in [0.2, 0.25) is 5.60 Å². The Labute approximate surface area is 122 Å². The zero-order valence-electron chi connectivity index (χ0n) is 12.1. The topological polar surface area (TPSA) is 26.3 Å². The standard InChI is InChI=1S/C16H19F3O2/c1-9(2)4-3-7-15(16(17,18)19)13-11-6-5-10(8-11)12(13)14(20)21-15/h4-6,10-13H,3,7-8H2,1-2H3/t10?,11?,12?,13?,15-/m1/s1. The average Bonchev–Trinajstić information content (AvgIpc) is 3.00. The molecule has 2 bridgehead atoms. The lowest BCUT2D eigenvalue weighted by Crippen LogP contribution is -2.52. The Morgan fingerprint density at radius 1 is 1.38 bits per heavy atom. The van der Waals surface area contributed by atoms with Gasteiger partial charge in [-0.3, -0.25) is 4.79 Å². The van der Waals surface area contributed by atoms with E-state index in [-0.39, 0.29) is 24.7 Å². The smallest absolute Gasteiger partial charge is 0.428 e. The molecule has 0 aromatic rings. The molecule has 2 nitrogen and oxygen atoms in total. The third-order valence-electron chi connectivity index (χ3n) is 5.10. The molecule has 2 fully saturated rings. The van der Waals surface area contributed by atoms with Gasteiger partial charge in [-0.25, -0.2) is 0 Å².